The molecule has 0 spiro atoms. The fourth-order valence-electron chi connectivity index (χ4n) is 2.07. The average molecular weight is 410 g/mol. The molecule has 24 heavy (non-hydrogen) atoms. The van der Waals surface area contributed by atoms with E-state index in [-0.39, 0.29) is 11.8 Å². The maximum Gasteiger partial charge on any atom is 0.243 e. The number of anilines is 1. The Morgan fingerprint density at radius 3 is 2.79 bits per heavy atom. The lowest BCUT2D eigenvalue weighted by atomic mass is 10.1. The van der Waals surface area contributed by atoms with Gasteiger partial charge in [-0.25, -0.2) is 0 Å². The zero-order chi connectivity index (χ0) is 17.7. The number of aromatic nitrogens is 2. The van der Waals surface area contributed by atoms with Gasteiger partial charge in [0.25, 0.3) is 0 Å². The predicted octanol–water partition coefficient (Wildman–Crippen LogP) is 2.92. The maximum absolute atomic E-state index is 12.1. The van der Waals surface area contributed by atoms with Crippen LogP contribution in [-0.4, -0.2) is 20.8 Å². The van der Waals surface area contributed by atoms with Gasteiger partial charge < -0.3 is 5.32 Å². The van der Waals surface area contributed by atoms with Crippen LogP contribution in [-0.2, 0) is 11.3 Å². The smallest absolute Gasteiger partial charge is 0.243 e. The number of rotatable bonds is 4. The second-order valence-electron chi connectivity index (χ2n) is 5.67. The standard InChI is InChI=1S/C16H20BrN5OS/c1-10-4-5-11(2)14(6-10)19-16(24)21-20-15(23)12(3)8-22-9-13(17)7-18-22/h4-7,9,12H,8H2,1-3H3,(H,20,23)(H2,19,21,24). The molecule has 0 fully saturated rings. The minimum Gasteiger partial charge on any atom is -0.331 e. The van der Waals surface area contributed by atoms with Crippen molar-refractivity contribution in [3.8, 4) is 0 Å². The predicted molar refractivity (Wildman–Crippen MR) is 103 cm³/mol. The van der Waals surface area contributed by atoms with Crippen LogP contribution < -0.4 is 16.2 Å². The van der Waals surface area contributed by atoms with Crippen LogP contribution in [0.4, 0.5) is 5.69 Å². The molecule has 1 amide bonds. The summed E-state index contributed by atoms with van der Waals surface area (Å²) in [6.45, 7) is 6.31. The number of hydrazine groups is 1. The van der Waals surface area contributed by atoms with E-state index in [2.05, 4.69) is 37.2 Å². The molecule has 0 aliphatic heterocycles. The Labute approximate surface area is 155 Å². The molecule has 1 heterocycles. The van der Waals surface area contributed by atoms with E-state index in [0.717, 1.165) is 21.3 Å². The number of aryl methyl sites for hydroxylation is 2. The number of hydrogen-bond acceptors (Lipinski definition) is 3. The quantitative estimate of drug-likeness (QED) is 0.534. The molecule has 1 unspecified atom stereocenters. The monoisotopic (exact) mass is 409 g/mol. The summed E-state index contributed by atoms with van der Waals surface area (Å²) in [5.41, 5.74) is 8.47. The van der Waals surface area contributed by atoms with Gasteiger partial charge in [-0.05, 0) is 59.2 Å². The Morgan fingerprint density at radius 2 is 2.12 bits per heavy atom. The van der Waals surface area contributed by atoms with Gasteiger partial charge in [-0.1, -0.05) is 19.1 Å². The Balaban J connectivity index is 1.82. The van der Waals surface area contributed by atoms with Gasteiger partial charge in [0.2, 0.25) is 5.91 Å². The molecule has 3 N–H and O–H groups in total. The van der Waals surface area contributed by atoms with Gasteiger partial charge in [0.05, 0.1) is 23.1 Å². The Bertz CT molecular complexity index is 746. The molecule has 0 bridgehead atoms. The molecule has 0 saturated carbocycles. The highest BCUT2D eigenvalue weighted by Crippen LogP contribution is 2.16. The molecule has 1 aromatic carbocycles. The van der Waals surface area contributed by atoms with E-state index in [4.69, 9.17) is 12.2 Å². The van der Waals surface area contributed by atoms with Crippen molar-refractivity contribution in [3.63, 3.8) is 0 Å². The maximum atomic E-state index is 12.1. The van der Waals surface area contributed by atoms with Crippen LogP contribution in [0.5, 0.6) is 0 Å². The molecule has 1 atom stereocenters. The summed E-state index contributed by atoms with van der Waals surface area (Å²) in [5.74, 6) is -0.417. The zero-order valence-electron chi connectivity index (χ0n) is 13.8. The number of nitrogens with one attached hydrogen (secondary N) is 3. The van der Waals surface area contributed by atoms with Crippen LogP contribution in [0.2, 0.25) is 0 Å². The number of carbonyl (C=O) groups is 1. The van der Waals surface area contributed by atoms with Crippen LogP contribution in [0, 0.1) is 19.8 Å². The fourth-order valence-corrected chi connectivity index (χ4v) is 2.56. The molecule has 0 aliphatic rings. The van der Waals surface area contributed by atoms with Gasteiger partial charge in [-0.15, -0.1) is 0 Å². The van der Waals surface area contributed by atoms with Crippen molar-refractivity contribution in [1.82, 2.24) is 20.6 Å². The normalized spacial score (nSPS) is 11.7. The number of halogens is 1. The number of nitrogens with zero attached hydrogens (tertiary/aromatic N) is 2. The average Bonchev–Trinajstić information content (AvgIpc) is 2.93. The Morgan fingerprint density at radius 1 is 1.38 bits per heavy atom. The van der Waals surface area contributed by atoms with Crippen molar-refractivity contribution in [1.29, 1.82) is 0 Å². The summed E-state index contributed by atoms with van der Waals surface area (Å²) in [5, 5.41) is 7.56. The molecular weight excluding hydrogens is 390 g/mol. The van der Waals surface area contributed by atoms with Crippen molar-refractivity contribution < 1.29 is 4.79 Å². The lowest BCUT2D eigenvalue weighted by Crippen LogP contribution is -2.46. The van der Waals surface area contributed by atoms with Crippen LogP contribution in [0.3, 0.4) is 0 Å². The van der Waals surface area contributed by atoms with E-state index >= 15 is 0 Å². The van der Waals surface area contributed by atoms with Gasteiger partial charge in [0.15, 0.2) is 5.11 Å². The SMILES string of the molecule is Cc1ccc(C)c(NC(=S)NNC(=O)C(C)Cn2cc(Br)cn2)c1. The second-order valence-corrected chi connectivity index (χ2v) is 6.99. The summed E-state index contributed by atoms with van der Waals surface area (Å²) in [6, 6.07) is 6.06. The number of hydrogen-bond donors (Lipinski definition) is 3. The van der Waals surface area contributed by atoms with Crippen molar-refractivity contribution in [2.75, 3.05) is 5.32 Å². The molecule has 128 valence electrons. The van der Waals surface area contributed by atoms with Gasteiger partial charge >= 0.3 is 0 Å². The number of amides is 1. The summed E-state index contributed by atoms with van der Waals surface area (Å²) in [4.78, 5) is 12.1. The van der Waals surface area contributed by atoms with Crippen molar-refractivity contribution in [2.24, 2.45) is 5.92 Å². The van der Waals surface area contributed by atoms with Crippen LogP contribution in [0.15, 0.2) is 35.1 Å². The fraction of sp³-hybridized carbons (Fsp3) is 0.312. The van der Waals surface area contributed by atoms with Crippen molar-refractivity contribution >= 4 is 44.9 Å². The van der Waals surface area contributed by atoms with Crippen molar-refractivity contribution in [2.45, 2.75) is 27.3 Å². The van der Waals surface area contributed by atoms with Crippen LogP contribution >= 0.6 is 28.1 Å². The van der Waals surface area contributed by atoms with E-state index in [1.54, 1.807) is 10.9 Å². The second kappa shape index (κ2) is 8.25. The first kappa shape index (κ1) is 18.4. The van der Waals surface area contributed by atoms with Crippen LogP contribution in [0.25, 0.3) is 0 Å². The first-order valence-corrected chi connectivity index (χ1v) is 8.67. The summed E-state index contributed by atoms with van der Waals surface area (Å²) >= 11 is 8.55. The number of carbonyl (C=O) groups excluding carboxylic acids is 1. The largest absolute Gasteiger partial charge is 0.331 e. The molecule has 8 heteroatoms. The molecule has 1 aromatic heterocycles. The first-order chi connectivity index (χ1) is 11.3. The Hall–Kier alpha value is -1.93. The summed E-state index contributed by atoms with van der Waals surface area (Å²) in [7, 11) is 0. The molecule has 6 nitrogen and oxygen atoms in total. The first-order valence-electron chi connectivity index (χ1n) is 7.47. The summed E-state index contributed by atoms with van der Waals surface area (Å²) < 4.78 is 2.59. The van der Waals surface area contributed by atoms with Crippen molar-refractivity contribution in [3.05, 3.63) is 46.2 Å². The third-order valence-corrected chi connectivity index (χ3v) is 4.06. The van der Waals surface area contributed by atoms with Gasteiger partial charge in [0.1, 0.15) is 0 Å². The minimum absolute atomic E-state index is 0.160. The highest BCUT2D eigenvalue weighted by atomic mass is 79.9. The molecule has 0 radical (unpaired) electrons. The van der Waals surface area contributed by atoms with Gasteiger partial charge in [-0.2, -0.15) is 5.10 Å². The highest BCUT2D eigenvalue weighted by molar-refractivity contribution is 9.10. The molecule has 0 aliphatic carbocycles. The molecule has 2 rings (SSSR count). The molecule has 0 saturated heterocycles. The van der Waals surface area contributed by atoms with Gasteiger partial charge in [0, 0.05) is 11.9 Å². The number of thiocarbonyl (C=S) groups is 1. The third kappa shape index (κ3) is 5.31. The zero-order valence-corrected chi connectivity index (χ0v) is 16.2. The molecule has 2 aromatic rings. The third-order valence-electron chi connectivity index (χ3n) is 3.45. The highest BCUT2D eigenvalue weighted by Gasteiger charge is 2.14. The minimum atomic E-state index is -0.257. The van der Waals surface area contributed by atoms with E-state index in [1.807, 2.05) is 45.2 Å². The van der Waals surface area contributed by atoms with E-state index in [9.17, 15) is 4.79 Å². The lowest BCUT2D eigenvalue weighted by Gasteiger charge is -2.16. The van der Waals surface area contributed by atoms with E-state index < -0.39 is 0 Å². The van der Waals surface area contributed by atoms with E-state index in [0.29, 0.717) is 11.7 Å². The topological polar surface area (TPSA) is 71.0 Å². The number of benzene rings is 1. The lowest BCUT2D eigenvalue weighted by molar-refractivity contribution is -0.125. The Kier molecular flexibility index (Phi) is 6.33. The van der Waals surface area contributed by atoms with E-state index in [1.165, 1.54) is 0 Å². The summed E-state index contributed by atoms with van der Waals surface area (Å²) in [6.07, 6.45) is 3.51. The molecular formula is C16H20BrN5OS. The van der Waals surface area contributed by atoms with Gasteiger partial charge in [-0.3, -0.25) is 20.3 Å². The van der Waals surface area contributed by atoms with Crippen LogP contribution in [0.1, 0.15) is 18.1 Å².